The van der Waals surface area contributed by atoms with Crippen molar-refractivity contribution in [1.29, 1.82) is 0 Å². The number of carbonyl (C=O) groups is 2. The maximum atomic E-state index is 13.6. The number of aryl methyl sites for hydroxylation is 1. The molecule has 0 aromatic heterocycles. The highest BCUT2D eigenvalue weighted by Gasteiger charge is 2.31. The standard InChI is InChI=1S/C30H36N2O3/c1-4-23(3)31-30(34)28(20-25-12-8-6-9-13-25)32(21-26-14-10-7-11-15-26)29(33)22-35-27-18-16-24(5-2)17-19-27/h6-19,23,28H,4-5,20-22H2,1-3H3,(H,31,34). The number of ether oxygens (including phenoxy) is 1. The van der Waals surface area contributed by atoms with Gasteiger partial charge in [-0.3, -0.25) is 9.59 Å². The molecule has 3 aromatic rings. The van der Waals surface area contributed by atoms with Crippen LogP contribution in [0.2, 0.25) is 0 Å². The molecule has 184 valence electrons. The molecule has 0 saturated heterocycles. The van der Waals surface area contributed by atoms with E-state index in [-0.39, 0.29) is 24.5 Å². The van der Waals surface area contributed by atoms with Gasteiger partial charge in [0, 0.05) is 19.0 Å². The van der Waals surface area contributed by atoms with Crippen LogP contribution < -0.4 is 10.1 Å². The van der Waals surface area contributed by atoms with Crippen LogP contribution in [0.25, 0.3) is 0 Å². The molecule has 2 unspecified atom stereocenters. The smallest absolute Gasteiger partial charge is 0.261 e. The summed E-state index contributed by atoms with van der Waals surface area (Å²) >= 11 is 0. The molecular weight excluding hydrogens is 436 g/mol. The predicted molar refractivity (Wildman–Crippen MR) is 140 cm³/mol. The molecule has 1 N–H and O–H groups in total. The fourth-order valence-corrected chi connectivity index (χ4v) is 3.82. The second-order valence-corrected chi connectivity index (χ2v) is 8.82. The molecule has 0 heterocycles. The molecule has 5 heteroatoms. The second kappa shape index (κ2) is 13.3. The highest BCUT2D eigenvalue weighted by Crippen LogP contribution is 2.17. The van der Waals surface area contributed by atoms with E-state index >= 15 is 0 Å². The molecule has 0 radical (unpaired) electrons. The lowest BCUT2D eigenvalue weighted by Gasteiger charge is -2.32. The van der Waals surface area contributed by atoms with Crippen LogP contribution in [0.15, 0.2) is 84.9 Å². The lowest BCUT2D eigenvalue weighted by molar-refractivity contribution is -0.143. The first kappa shape index (κ1) is 26.0. The van der Waals surface area contributed by atoms with Crippen LogP contribution >= 0.6 is 0 Å². The van der Waals surface area contributed by atoms with Crippen LogP contribution in [0.5, 0.6) is 5.75 Å². The van der Waals surface area contributed by atoms with Crippen molar-refractivity contribution in [2.45, 2.75) is 58.7 Å². The third-order valence-corrected chi connectivity index (χ3v) is 6.16. The number of nitrogens with one attached hydrogen (secondary N) is 1. The molecular formula is C30H36N2O3. The van der Waals surface area contributed by atoms with Gasteiger partial charge < -0.3 is 15.0 Å². The number of benzene rings is 3. The van der Waals surface area contributed by atoms with Crippen molar-refractivity contribution in [2.24, 2.45) is 0 Å². The molecule has 2 atom stereocenters. The van der Waals surface area contributed by atoms with Gasteiger partial charge in [-0.25, -0.2) is 0 Å². The van der Waals surface area contributed by atoms with E-state index in [2.05, 4.69) is 12.2 Å². The quantitative estimate of drug-likeness (QED) is 0.395. The van der Waals surface area contributed by atoms with Gasteiger partial charge in [0.05, 0.1) is 0 Å². The Morgan fingerprint density at radius 3 is 2.00 bits per heavy atom. The molecule has 5 nitrogen and oxygen atoms in total. The van der Waals surface area contributed by atoms with Gasteiger partial charge >= 0.3 is 0 Å². The Morgan fingerprint density at radius 2 is 1.43 bits per heavy atom. The van der Waals surface area contributed by atoms with Gasteiger partial charge in [-0.15, -0.1) is 0 Å². The van der Waals surface area contributed by atoms with Gasteiger partial charge in [0.25, 0.3) is 5.91 Å². The van der Waals surface area contributed by atoms with Crippen LogP contribution in [0, 0.1) is 0 Å². The minimum atomic E-state index is -0.662. The van der Waals surface area contributed by atoms with E-state index in [0.717, 1.165) is 24.0 Å². The molecule has 35 heavy (non-hydrogen) atoms. The highest BCUT2D eigenvalue weighted by molar-refractivity contribution is 5.88. The van der Waals surface area contributed by atoms with E-state index < -0.39 is 6.04 Å². The van der Waals surface area contributed by atoms with Crippen LogP contribution in [0.4, 0.5) is 0 Å². The summed E-state index contributed by atoms with van der Waals surface area (Å²) in [5.41, 5.74) is 3.17. The van der Waals surface area contributed by atoms with Gasteiger partial charge in [-0.2, -0.15) is 0 Å². The summed E-state index contributed by atoms with van der Waals surface area (Å²) in [6.45, 7) is 6.28. The van der Waals surface area contributed by atoms with E-state index in [9.17, 15) is 9.59 Å². The maximum Gasteiger partial charge on any atom is 0.261 e. The molecule has 0 spiro atoms. The Balaban J connectivity index is 1.86. The van der Waals surface area contributed by atoms with E-state index in [0.29, 0.717) is 18.7 Å². The molecule has 3 aromatic carbocycles. The lowest BCUT2D eigenvalue weighted by Crippen LogP contribution is -2.53. The SMILES string of the molecule is CCc1ccc(OCC(=O)N(Cc2ccccc2)C(Cc2ccccc2)C(=O)NC(C)CC)cc1. The topological polar surface area (TPSA) is 58.6 Å². The normalized spacial score (nSPS) is 12.4. The van der Waals surface area contributed by atoms with Crippen molar-refractivity contribution < 1.29 is 14.3 Å². The van der Waals surface area contributed by atoms with Crippen molar-refractivity contribution in [2.75, 3.05) is 6.61 Å². The molecule has 0 aliphatic rings. The monoisotopic (exact) mass is 472 g/mol. The van der Waals surface area contributed by atoms with E-state index in [1.54, 1.807) is 4.90 Å². The number of amides is 2. The van der Waals surface area contributed by atoms with Crippen molar-refractivity contribution in [3.63, 3.8) is 0 Å². The Morgan fingerprint density at radius 1 is 0.829 bits per heavy atom. The van der Waals surface area contributed by atoms with E-state index in [1.807, 2.05) is 98.8 Å². The first-order valence-corrected chi connectivity index (χ1v) is 12.4. The van der Waals surface area contributed by atoms with Crippen LogP contribution in [-0.2, 0) is 29.0 Å². The summed E-state index contributed by atoms with van der Waals surface area (Å²) in [6, 6.07) is 26.7. The van der Waals surface area contributed by atoms with E-state index in [4.69, 9.17) is 4.74 Å². The van der Waals surface area contributed by atoms with Crippen LogP contribution in [-0.4, -0.2) is 35.4 Å². The summed E-state index contributed by atoms with van der Waals surface area (Å²) in [5.74, 6) is 0.257. The lowest BCUT2D eigenvalue weighted by atomic mass is 10.0. The number of carbonyl (C=O) groups excluding carboxylic acids is 2. The van der Waals surface area contributed by atoms with Crippen molar-refractivity contribution in [3.05, 3.63) is 102 Å². The zero-order valence-electron chi connectivity index (χ0n) is 20.9. The predicted octanol–water partition coefficient (Wildman–Crippen LogP) is 5.18. The third kappa shape index (κ3) is 7.99. The molecule has 0 saturated carbocycles. The Bertz CT molecular complexity index is 1050. The van der Waals surface area contributed by atoms with Gasteiger partial charge in [-0.05, 0) is 48.6 Å². The molecule has 0 aliphatic carbocycles. The minimum Gasteiger partial charge on any atom is -0.484 e. The molecule has 0 aliphatic heterocycles. The number of nitrogens with zero attached hydrogens (tertiary/aromatic N) is 1. The highest BCUT2D eigenvalue weighted by atomic mass is 16.5. The molecule has 0 fully saturated rings. The first-order chi connectivity index (χ1) is 17.0. The van der Waals surface area contributed by atoms with Crippen LogP contribution in [0.1, 0.15) is 43.9 Å². The maximum absolute atomic E-state index is 13.6. The Hall–Kier alpha value is -3.60. The molecule has 0 bridgehead atoms. The summed E-state index contributed by atoms with van der Waals surface area (Å²) < 4.78 is 5.85. The van der Waals surface area contributed by atoms with Crippen molar-refractivity contribution in [3.8, 4) is 5.75 Å². The van der Waals surface area contributed by atoms with Crippen LogP contribution in [0.3, 0.4) is 0 Å². The van der Waals surface area contributed by atoms with Gasteiger partial charge in [0.15, 0.2) is 6.61 Å². The average Bonchev–Trinajstić information content (AvgIpc) is 2.90. The number of hydrogen-bond acceptors (Lipinski definition) is 3. The minimum absolute atomic E-state index is 0.0165. The number of hydrogen-bond donors (Lipinski definition) is 1. The summed E-state index contributed by atoms with van der Waals surface area (Å²) in [4.78, 5) is 28.7. The second-order valence-electron chi connectivity index (χ2n) is 8.82. The molecule has 2 amide bonds. The fourth-order valence-electron chi connectivity index (χ4n) is 3.82. The zero-order valence-corrected chi connectivity index (χ0v) is 20.9. The molecule has 3 rings (SSSR count). The first-order valence-electron chi connectivity index (χ1n) is 12.4. The van der Waals surface area contributed by atoms with E-state index in [1.165, 1.54) is 5.56 Å². The average molecular weight is 473 g/mol. The largest absolute Gasteiger partial charge is 0.484 e. The van der Waals surface area contributed by atoms with Crippen molar-refractivity contribution >= 4 is 11.8 Å². The van der Waals surface area contributed by atoms with Gasteiger partial charge in [-0.1, -0.05) is 86.6 Å². The Kier molecular flexibility index (Phi) is 9.91. The summed E-state index contributed by atoms with van der Waals surface area (Å²) in [6.07, 6.45) is 2.18. The number of rotatable bonds is 12. The zero-order chi connectivity index (χ0) is 25.0. The third-order valence-electron chi connectivity index (χ3n) is 6.16. The summed E-state index contributed by atoms with van der Waals surface area (Å²) in [7, 11) is 0. The van der Waals surface area contributed by atoms with Gasteiger partial charge in [0.1, 0.15) is 11.8 Å². The fraction of sp³-hybridized carbons (Fsp3) is 0.333. The van der Waals surface area contributed by atoms with Gasteiger partial charge in [0.2, 0.25) is 5.91 Å². The summed E-state index contributed by atoms with van der Waals surface area (Å²) in [5, 5.41) is 3.08. The Labute approximate surface area is 209 Å². The van der Waals surface area contributed by atoms with Crippen molar-refractivity contribution in [1.82, 2.24) is 10.2 Å².